The monoisotopic (exact) mass is 241 g/mol. The van der Waals surface area contributed by atoms with Gasteiger partial charge in [0.25, 0.3) is 0 Å². The number of nitrogens with zero attached hydrogens (tertiary/aromatic N) is 1. The number of benzene rings is 2. The lowest BCUT2D eigenvalue weighted by atomic mass is 10.1. The number of hydrogen-bond acceptors (Lipinski definition) is 2. The third-order valence-corrected chi connectivity index (χ3v) is 2.66. The minimum atomic E-state index is -0.566. The summed E-state index contributed by atoms with van der Waals surface area (Å²) in [5.74, 6) is 0.337. The van der Waals surface area contributed by atoms with Gasteiger partial charge in [0.05, 0.1) is 0 Å². The predicted octanol–water partition coefficient (Wildman–Crippen LogP) is 4.05. The molecule has 3 heteroatoms. The van der Waals surface area contributed by atoms with Crippen LogP contribution in [0.1, 0.15) is 18.1 Å². The molecule has 0 radical (unpaired) electrons. The summed E-state index contributed by atoms with van der Waals surface area (Å²) in [6.07, 6.45) is 0.813. The highest BCUT2D eigenvalue weighted by atomic mass is 19.1. The zero-order valence-corrected chi connectivity index (χ0v) is 9.98. The Hall–Kier alpha value is -2.34. The van der Waals surface area contributed by atoms with Crippen LogP contribution < -0.4 is 4.74 Å². The molecule has 0 saturated carbocycles. The van der Waals surface area contributed by atoms with Gasteiger partial charge < -0.3 is 4.74 Å². The summed E-state index contributed by atoms with van der Waals surface area (Å²) >= 11 is 0. The molecule has 0 N–H and O–H groups in total. The molecule has 2 rings (SSSR count). The second kappa shape index (κ2) is 5.33. The number of aryl methyl sites for hydroxylation is 1. The van der Waals surface area contributed by atoms with Crippen LogP contribution in [0.2, 0.25) is 0 Å². The first-order valence-corrected chi connectivity index (χ1v) is 5.70. The Labute approximate surface area is 105 Å². The van der Waals surface area contributed by atoms with E-state index in [-0.39, 0.29) is 11.3 Å². The van der Waals surface area contributed by atoms with Gasteiger partial charge in [-0.2, -0.15) is 5.26 Å². The van der Waals surface area contributed by atoms with Crippen molar-refractivity contribution in [2.75, 3.05) is 0 Å². The summed E-state index contributed by atoms with van der Waals surface area (Å²) in [4.78, 5) is 0. The Bertz CT molecular complexity index is 602. The predicted molar refractivity (Wildman–Crippen MR) is 67.0 cm³/mol. The van der Waals surface area contributed by atoms with Gasteiger partial charge in [-0.05, 0) is 30.2 Å². The highest BCUT2D eigenvalue weighted by molar-refractivity contribution is 5.47. The Kier molecular flexibility index (Phi) is 3.59. The summed E-state index contributed by atoms with van der Waals surface area (Å²) in [5.41, 5.74) is 0.953. The van der Waals surface area contributed by atoms with E-state index < -0.39 is 5.82 Å². The summed E-state index contributed by atoms with van der Waals surface area (Å²) < 4.78 is 19.1. The molecule has 0 heterocycles. The molecular formula is C15H12FNO. The molecule has 0 bridgehead atoms. The largest absolute Gasteiger partial charge is 0.456 e. The molecule has 0 aliphatic carbocycles. The molecule has 2 aromatic rings. The molecule has 90 valence electrons. The third-order valence-electron chi connectivity index (χ3n) is 2.66. The van der Waals surface area contributed by atoms with Gasteiger partial charge >= 0.3 is 0 Å². The number of nitriles is 1. The maximum atomic E-state index is 13.4. The molecule has 0 amide bonds. The van der Waals surface area contributed by atoms with Crippen LogP contribution in [0.25, 0.3) is 0 Å². The van der Waals surface area contributed by atoms with Crippen molar-refractivity contribution >= 4 is 0 Å². The summed E-state index contributed by atoms with van der Waals surface area (Å²) in [7, 11) is 0. The zero-order valence-electron chi connectivity index (χ0n) is 9.98. The van der Waals surface area contributed by atoms with Crippen molar-refractivity contribution in [2.45, 2.75) is 13.3 Å². The Balaban J connectivity index is 2.41. The van der Waals surface area contributed by atoms with E-state index in [4.69, 9.17) is 10.00 Å². The first-order valence-electron chi connectivity index (χ1n) is 5.70. The average Bonchev–Trinajstić information content (AvgIpc) is 2.40. The van der Waals surface area contributed by atoms with Crippen LogP contribution in [0, 0.1) is 17.1 Å². The quantitative estimate of drug-likeness (QED) is 0.812. The van der Waals surface area contributed by atoms with Crippen LogP contribution in [0.15, 0.2) is 42.5 Å². The van der Waals surface area contributed by atoms with Crippen molar-refractivity contribution in [3.63, 3.8) is 0 Å². The minimum Gasteiger partial charge on any atom is -0.456 e. The number of halogens is 1. The van der Waals surface area contributed by atoms with E-state index >= 15 is 0 Å². The Morgan fingerprint density at radius 2 is 1.83 bits per heavy atom. The Morgan fingerprint density at radius 1 is 1.11 bits per heavy atom. The van der Waals surface area contributed by atoms with Crippen LogP contribution in [0.3, 0.4) is 0 Å². The van der Waals surface area contributed by atoms with Gasteiger partial charge in [-0.15, -0.1) is 0 Å². The fraction of sp³-hybridized carbons (Fsp3) is 0.133. The molecule has 0 fully saturated rings. The van der Waals surface area contributed by atoms with Gasteiger partial charge in [-0.3, -0.25) is 0 Å². The maximum Gasteiger partial charge on any atom is 0.148 e. The molecule has 2 nitrogen and oxygen atoms in total. The van der Waals surface area contributed by atoms with Crippen LogP contribution >= 0.6 is 0 Å². The number of ether oxygens (including phenoxy) is 1. The lowest BCUT2D eigenvalue weighted by Crippen LogP contribution is -1.94. The van der Waals surface area contributed by atoms with Crippen molar-refractivity contribution in [2.24, 2.45) is 0 Å². The molecule has 2 aromatic carbocycles. The van der Waals surface area contributed by atoms with Gasteiger partial charge in [-0.25, -0.2) is 4.39 Å². The van der Waals surface area contributed by atoms with Crippen LogP contribution in [-0.4, -0.2) is 0 Å². The molecule has 0 spiro atoms. The number of hydrogen-bond donors (Lipinski definition) is 0. The first kappa shape index (κ1) is 12.1. The van der Waals surface area contributed by atoms with Gasteiger partial charge in [0.15, 0.2) is 0 Å². The molecule has 0 aromatic heterocycles. The standard InChI is InChI=1S/C15H12FNO/c1-2-11-6-3-4-8-14(11)18-15-9-5-7-13(16)12(15)10-17/h3-9H,2H2,1H3. The lowest BCUT2D eigenvalue weighted by molar-refractivity contribution is 0.469. The highest BCUT2D eigenvalue weighted by Crippen LogP contribution is 2.29. The van der Waals surface area contributed by atoms with Gasteiger partial charge in [0.1, 0.15) is 28.9 Å². The summed E-state index contributed by atoms with van der Waals surface area (Å²) in [5, 5.41) is 8.93. The van der Waals surface area contributed by atoms with Crippen molar-refractivity contribution < 1.29 is 9.13 Å². The van der Waals surface area contributed by atoms with Crippen molar-refractivity contribution in [1.82, 2.24) is 0 Å². The van der Waals surface area contributed by atoms with Crippen LogP contribution in [-0.2, 0) is 6.42 Å². The molecule has 0 unspecified atom stereocenters. The molecule has 0 saturated heterocycles. The summed E-state index contributed by atoms with van der Waals surface area (Å²) in [6, 6.07) is 13.7. The van der Waals surface area contributed by atoms with E-state index in [1.165, 1.54) is 12.1 Å². The fourth-order valence-corrected chi connectivity index (χ4v) is 1.71. The van der Waals surface area contributed by atoms with E-state index in [1.807, 2.05) is 37.3 Å². The van der Waals surface area contributed by atoms with E-state index in [0.717, 1.165) is 12.0 Å². The van der Waals surface area contributed by atoms with E-state index in [9.17, 15) is 4.39 Å². The first-order chi connectivity index (χ1) is 8.76. The average molecular weight is 241 g/mol. The smallest absolute Gasteiger partial charge is 0.148 e. The third kappa shape index (κ3) is 2.33. The second-order valence-corrected chi connectivity index (χ2v) is 3.79. The molecule has 18 heavy (non-hydrogen) atoms. The van der Waals surface area contributed by atoms with Crippen molar-refractivity contribution in [3.8, 4) is 17.6 Å². The lowest BCUT2D eigenvalue weighted by Gasteiger charge is -2.11. The maximum absolute atomic E-state index is 13.4. The molecule has 0 atom stereocenters. The van der Waals surface area contributed by atoms with Gasteiger partial charge in [0.2, 0.25) is 0 Å². The van der Waals surface area contributed by atoms with Crippen molar-refractivity contribution in [1.29, 1.82) is 5.26 Å². The topological polar surface area (TPSA) is 33.0 Å². The van der Waals surface area contributed by atoms with E-state index in [2.05, 4.69) is 0 Å². The zero-order chi connectivity index (χ0) is 13.0. The van der Waals surface area contributed by atoms with Crippen LogP contribution in [0.5, 0.6) is 11.5 Å². The van der Waals surface area contributed by atoms with Gasteiger partial charge in [-0.1, -0.05) is 31.2 Å². The summed E-state index contributed by atoms with van der Waals surface area (Å²) in [6.45, 7) is 2.01. The minimum absolute atomic E-state index is 0.0663. The Morgan fingerprint density at radius 3 is 2.56 bits per heavy atom. The number of para-hydroxylation sites is 1. The molecular weight excluding hydrogens is 229 g/mol. The molecule has 0 aliphatic rings. The van der Waals surface area contributed by atoms with E-state index in [0.29, 0.717) is 5.75 Å². The SMILES string of the molecule is CCc1ccccc1Oc1cccc(F)c1C#N. The molecule has 0 aliphatic heterocycles. The van der Waals surface area contributed by atoms with E-state index in [1.54, 1.807) is 6.07 Å². The van der Waals surface area contributed by atoms with Gasteiger partial charge in [0, 0.05) is 0 Å². The fourth-order valence-electron chi connectivity index (χ4n) is 1.71. The normalized spacial score (nSPS) is 9.83. The van der Waals surface area contributed by atoms with Crippen LogP contribution in [0.4, 0.5) is 4.39 Å². The highest BCUT2D eigenvalue weighted by Gasteiger charge is 2.11. The number of rotatable bonds is 3. The second-order valence-electron chi connectivity index (χ2n) is 3.79. The van der Waals surface area contributed by atoms with Crippen molar-refractivity contribution in [3.05, 3.63) is 59.4 Å².